The van der Waals surface area contributed by atoms with Crippen molar-refractivity contribution in [3.05, 3.63) is 65.7 Å². The van der Waals surface area contributed by atoms with Crippen molar-refractivity contribution in [1.82, 2.24) is 0 Å². The molecule has 0 aliphatic heterocycles. The minimum atomic E-state index is 0.0845. The molecule has 23 heavy (non-hydrogen) atoms. The van der Waals surface area contributed by atoms with E-state index in [0.717, 1.165) is 39.6 Å². The van der Waals surface area contributed by atoms with E-state index in [1.54, 1.807) is 7.11 Å². The van der Waals surface area contributed by atoms with Crippen molar-refractivity contribution in [2.45, 2.75) is 13.3 Å². The van der Waals surface area contributed by atoms with E-state index in [0.29, 0.717) is 0 Å². The third-order valence-electron chi connectivity index (χ3n) is 4.75. The average molecular weight is 302 g/mol. The summed E-state index contributed by atoms with van der Waals surface area (Å²) in [7, 11) is 1.68. The van der Waals surface area contributed by atoms with E-state index in [4.69, 9.17) is 4.74 Å². The summed E-state index contributed by atoms with van der Waals surface area (Å²) in [5, 5.41) is 2.27. The number of carbonyl (C=O) groups excluding carboxylic acids is 1. The van der Waals surface area contributed by atoms with Crippen LogP contribution < -0.4 is 4.74 Å². The first-order valence-electron chi connectivity index (χ1n) is 7.92. The number of ether oxygens (including phenoxy) is 1. The van der Waals surface area contributed by atoms with Gasteiger partial charge in [-0.3, -0.25) is 4.79 Å². The maximum atomic E-state index is 12.6. The zero-order valence-corrected chi connectivity index (χ0v) is 13.3. The number of hydrogen-bond donors (Lipinski definition) is 0. The zero-order valence-electron chi connectivity index (χ0n) is 13.3. The molecule has 0 N–H and O–H groups in total. The van der Waals surface area contributed by atoms with E-state index >= 15 is 0 Å². The molecule has 1 atom stereocenters. The van der Waals surface area contributed by atoms with Crippen LogP contribution in [0.2, 0.25) is 0 Å². The molecular formula is C21H18O2. The number of rotatable bonds is 2. The van der Waals surface area contributed by atoms with Crippen LogP contribution >= 0.6 is 0 Å². The first-order valence-corrected chi connectivity index (χ1v) is 7.92. The van der Waals surface area contributed by atoms with Crippen LogP contribution in [0.25, 0.3) is 21.9 Å². The molecule has 2 heteroatoms. The number of carbonyl (C=O) groups is 1. The highest BCUT2D eigenvalue weighted by Gasteiger charge is 2.29. The molecule has 1 unspecified atom stereocenters. The predicted octanol–water partition coefficient (Wildman–Crippen LogP) is 4.89. The van der Waals surface area contributed by atoms with Crippen molar-refractivity contribution < 1.29 is 9.53 Å². The molecule has 2 nitrogen and oxygen atoms in total. The Morgan fingerprint density at radius 2 is 1.78 bits per heavy atom. The van der Waals surface area contributed by atoms with Gasteiger partial charge < -0.3 is 4.74 Å². The molecule has 114 valence electrons. The molecule has 0 amide bonds. The lowest BCUT2D eigenvalue weighted by molar-refractivity contribution is 0.0947. The van der Waals surface area contributed by atoms with Gasteiger partial charge in [-0.15, -0.1) is 0 Å². The monoisotopic (exact) mass is 302 g/mol. The van der Waals surface area contributed by atoms with Gasteiger partial charge in [0, 0.05) is 11.5 Å². The highest BCUT2D eigenvalue weighted by atomic mass is 16.5. The first-order chi connectivity index (χ1) is 11.2. The largest absolute Gasteiger partial charge is 0.497 e. The number of methoxy groups -OCH3 is 1. The van der Waals surface area contributed by atoms with Crippen LogP contribution in [-0.4, -0.2) is 12.9 Å². The van der Waals surface area contributed by atoms with E-state index in [-0.39, 0.29) is 11.7 Å². The standard InChI is InChI=1S/C21H18O2/c1-13-11-15-6-4-8-19(20(15)21(13)22)18-7-3-5-14-12-16(23-2)9-10-17(14)18/h3-10,12-13H,11H2,1-2H3. The van der Waals surface area contributed by atoms with Gasteiger partial charge in [0.1, 0.15) is 5.75 Å². The van der Waals surface area contributed by atoms with E-state index in [9.17, 15) is 4.79 Å². The zero-order chi connectivity index (χ0) is 16.0. The number of ketones is 1. The lowest BCUT2D eigenvalue weighted by Gasteiger charge is -2.12. The van der Waals surface area contributed by atoms with E-state index in [2.05, 4.69) is 36.4 Å². The normalized spacial score (nSPS) is 16.6. The van der Waals surface area contributed by atoms with Gasteiger partial charge in [0.25, 0.3) is 0 Å². The van der Waals surface area contributed by atoms with Gasteiger partial charge in [-0.05, 0) is 46.0 Å². The number of fused-ring (bicyclic) bond motifs is 2. The molecular weight excluding hydrogens is 284 g/mol. The van der Waals surface area contributed by atoms with E-state index in [1.165, 1.54) is 5.56 Å². The van der Waals surface area contributed by atoms with Crippen LogP contribution in [-0.2, 0) is 6.42 Å². The van der Waals surface area contributed by atoms with Crippen LogP contribution in [0.5, 0.6) is 5.75 Å². The average Bonchev–Trinajstić information content (AvgIpc) is 2.88. The van der Waals surface area contributed by atoms with Crippen molar-refractivity contribution in [2.75, 3.05) is 7.11 Å². The SMILES string of the molecule is COc1ccc2c(-c3cccc4c3C(=O)C(C)C4)cccc2c1. The third-order valence-corrected chi connectivity index (χ3v) is 4.75. The third kappa shape index (κ3) is 2.14. The topological polar surface area (TPSA) is 26.3 Å². The number of hydrogen-bond acceptors (Lipinski definition) is 2. The van der Waals surface area contributed by atoms with Gasteiger partial charge in [0.2, 0.25) is 0 Å². The van der Waals surface area contributed by atoms with Crippen LogP contribution in [0.4, 0.5) is 0 Å². The highest BCUT2D eigenvalue weighted by Crippen LogP contribution is 2.38. The van der Waals surface area contributed by atoms with Gasteiger partial charge in [-0.1, -0.05) is 49.4 Å². The van der Waals surface area contributed by atoms with Crippen molar-refractivity contribution in [1.29, 1.82) is 0 Å². The molecule has 0 radical (unpaired) electrons. The van der Waals surface area contributed by atoms with Gasteiger partial charge in [0.15, 0.2) is 5.78 Å². The summed E-state index contributed by atoms with van der Waals surface area (Å²) in [6, 6.07) is 18.5. The minimum absolute atomic E-state index is 0.0845. The molecule has 4 rings (SSSR count). The molecule has 0 bridgehead atoms. The van der Waals surface area contributed by atoms with Crippen LogP contribution in [0.15, 0.2) is 54.6 Å². The molecule has 1 aliphatic carbocycles. The molecule has 0 aromatic heterocycles. The summed E-state index contributed by atoms with van der Waals surface area (Å²) in [6.45, 7) is 2.01. The van der Waals surface area contributed by atoms with E-state index < -0.39 is 0 Å². The first kappa shape index (κ1) is 14.0. The quantitative estimate of drug-likeness (QED) is 0.673. The summed E-state index contributed by atoms with van der Waals surface area (Å²) in [5.41, 5.74) is 4.24. The van der Waals surface area contributed by atoms with Gasteiger partial charge in [-0.25, -0.2) is 0 Å². The minimum Gasteiger partial charge on any atom is -0.497 e. The fraction of sp³-hybridized carbons (Fsp3) is 0.190. The van der Waals surface area contributed by atoms with Crippen LogP contribution in [0.3, 0.4) is 0 Å². The Hall–Kier alpha value is -2.61. The Morgan fingerprint density at radius 3 is 2.61 bits per heavy atom. The van der Waals surface area contributed by atoms with Crippen LogP contribution in [0, 0.1) is 5.92 Å². The molecule has 0 saturated carbocycles. The predicted molar refractivity (Wildman–Crippen MR) is 93.1 cm³/mol. The second kappa shape index (κ2) is 5.24. The van der Waals surface area contributed by atoms with Crippen molar-refractivity contribution in [3.63, 3.8) is 0 Å². The molecule has 3 aromatic carbocycles. The molecule has 0 spiro atoms. The summed E-state index contributed by atoms with van der Waals surface area (Å²) in [5.74, 6) is 1.19. The molecule has 0 saturated heterocycles. The number of benzene rings is 3. The molecule has 1 aliphatic rings. The molecule has 0 heterocycles. The molecule has 3 aromatic rings. The summed E-state index contributed by atoms with van der Waals surface area (Å²) in [4.78, 5) is 12.6. The fourth-order valence-corrected chi connectivity index (χ4v) is 3.58. The van der Waals surface area contributed by atoms with Crippen molar-refractivity contribution in [3.8, 4) is 16.9 Å². The van der Waals surface area contributed by atoms with Gasteiger partial charge in [-0.2, -0.15) is 0 Å². The van der Waals surface area contributed by atoms with Gasteiger partial charge >= 0.3 is 0 Å². The lowest BCUT2D eigenvalue weighted by atomic mass is 9.92. The maximum absolute atomic E-state index is 12.6. The highest BCUT2D eigenvalue weighted by molar-refractivity contribution is 6.10. The van der Waals surface area contributed by atoms with Crippen molar-refractivity contribution >= 4 is 16.6 Å². The van der Waals surface area contributed by atoms with Gasteiger partial charge in [0.05, 0.1) is 7.11 Å². The Bertz CT molecular complexity index is 924. The summed E-state index contributed by atoms with van der Waals surface area (Å²) >= 11 is 0. The van der Waals surface area contributed by atoms with E-state index in [1.807, 2.05) is 25.1 Å². The lowest BCUT2D eigenvalue weighted by Crippen LogP contribution is -2.04. The Kier molecular flexibility index (Phi) is 3.19. The molecule has 0 fully saturated rings. The number of Topliss-reactive ketones (excluding diaryl/α,β-unsaturated/α-hetero) is 1. The smallest absolute Gasteiger partial charge is 0.166 e. The maximum Gasteiger partial charge on any atom is 0.166 e. The van der Waals surface area contributed by atoms with Crippen LogP contribution in [0.1, 0.15) is 22.8 Å². The summed E-state index contributed by atoms with van der Waals surface area (Å²) in [6.07, 6.45) is 0.848. The Balaban J connectivity index is 1.98. The second-order valence-corrected chi connectivity index (χ2v) is 6.20. The van der Waals surface area contributed by atoms with Crippen molar-refractivity contribution in [2.24, 2.45) is 5.92 Å². The Labute approximate surface area is 135 Å². The summed E-state index contributed by atoms with van der Waals surface area (Å²) < 4.78 is 5.32. The Morgan fingerprint density at radius 1 is 1.00 bits per heavy atom. The fourth-order valence-electron chi connectivity index (χ4n) is 3.58. The second-order valence-electron chi connectivity index (χ2n) is 6.20.